The van der Waals surface area contributed by atoms with Crippen molar-refractivity contribution in [3.63, 3.8) is 0 Å². The van der Waals surface area contributed by atoms with Gasteiger partial charge in [-0.2, -0.15) is 0 Å². The number of nitrogens with one attached hydrogen (secondary N) is 3. The van der Waals surface area contributed by atoms with Gasteiger partial charge in [0.15, 0.2) is 5.82 Å². The molecule has 1 aliphatic carbocycles. The molecule has 0 spiro atoms. The first-order valence-electron chi connectivity index (χ1n) is 12.3. The average Bonchev–Trinajstić information content (AvgIpc) is 2.84. The van der Waals surface area contributed by atoms with Crippen molar-refractivity contribution in [1.82, 2.24) is 30.2 Å². The summed E-state index contributed by atoms with van der Waals surface area (Å²) in [5, 5.41) is 11.3. The van der Waals surface area contributed by atoms with Crippen molar-refractivity contribution in [3.8, 4) is 11.4 Å². The zero-order valence-electron chi connectivity index (χ0n) is 20.7. The van der Waals surface area contributed by atoms with Crippen molar-refractivity contribution in [1.29, 1.82) is 0 Å². The van der Waals surface area contributed by atoms with Crippen LogP contribution in [0, 0.1) is 11.2 Å². The molecule has 8 nitrogen and oxygen atoms in total. The minimum Gasteiger partial charge on any atom is -0.366 e. The Morgan fingerprint density at radius 2 is 1.86 bits per heavy atom. The quantitative estimate of drug-likeness (QED) is 0.340. The Bertz CT molecular complexity index is 1540. The highest BCUT2D eigenvalue weighted by Gasteiger charge is 2.33. The molecule has 0 bridgehead atoms. The molecular weight excluding hydrogens is 467 g/mol. The molecule has 1 aliphatic heterocycles. The second-order valence-electron chi connectivity index (χ2n) is 10.0. The molecule has 5 heterocycles. The van der Waals surface area contributed by atoms with Gasteiger partial charge in [0.25, 0.3) is 0 Å². The summed E-state index contributed by atoms with van der Waals surface area (Å²) in [7, 11) is 0. The number of hydrogen-bond acceptors (Lipinski definition) is 8. The van der Waals surface area contributed by atoms with E-state index in [1.165, 1.54) is 18.3 Å². The van der Waals surface area contributed by atoms with Crippen LogP contribution in [0.5, 0.6) is 0 Å². The SMILES string of the molecule is CC1(C)CNCC[C@@H]1Nc1nc(-c2ccnc(Nc3cc(F)ccn3)c2)nc2cncc(C3=CC=C3)c12. The van der Waals surface area contributed by atoms with Gasteiger partial charge in [0.1, 0.15) is 23.3 Å². The highest BCUT2D eigenvalue weighted by Crippen LogP contribution is 2.36. The summed E-state index contributed by atoms with van der Waals surface area (Å²) in [6.45, 7) is 6.41. The maximum atomic E-state index is 13.6. The maximum absolute atomic E-state index is 13.6. The summed E-state index contributed by atoms with van der Waals surface area (Å²) in [5.74, 6) is 1.86. The lowest BCUT2D eigenvalue weighted by atomic mass is 9.80. The normalized spacial score (nSPS) is 18.2. The van der Waals surface area contributed by atoms with E-state index in [4.69, 9.17) is 9.97 Å². The smallest absolute Gasteiger partial charge is 0.162 e. The number of fused-ring (bicyclic) bond motifs is 1. The molecule has 2 aliphatic rings. The zero-order chi connectivity index (χ0) is 25.4. The summed E-state index contributed by atoms with van der Waals surface area (Å²) in [5.41, 5.74) is 3.70. The summed E-state index contributed by atoms with van der Waals surface area (Å²) >= 11 is 0. The van der Waals surface area contributed by atoms with E-state index >= 15 is 0 Å². The molecule has 186 valence electrons. The van der Waals surface area contributed by atoms with Gasteiger partial charge in [0.05, 0.1) is 17.1 Å². The zero-order valence-corrected chi connectivity index (χ0v) is 20.7. The van der Waals surface area contributed by atoms with Crippen LogP contribution in [0.4, 0.5) is 21.8 Å². The van der Waals surface area contributed by atoms with E-state index in [-0.39, 0.29) is 17.3 Å². The fourth-order valence-corrected chi connectivity index (χ4v) is 4.75. The molecule has 37 heavy (non-hydrogen) atoms. The number of anilines is 3. The van der Waals surface area contributed by atoms with Crippen LogP contribution in [0.25, 0.3) is 27.9 Å². The predicted octanol–water partition coefficient (Wildman–Crippen LogP) is 5.12. The van der Waals surface area contributed by atoms with E-state index in [1.807, 2.05) is 24.4 Å². The molecule has 4 aromatic rings. The Labute approximate surface area is 214 Å². The molecule has 0 saturated carbocycles. The van der Waals surface area contributed by atoms with Crippen LogP contribution in [-0.4, -0.2) is 44.1 Å². The minimum atomic E-state index is -0.372. The van der Waals surface area contributed by atoms with Crippen molar-refractivity contribution in [2.24, 2.45) is 5.41 Å². The van der Waals surface area contributed by atoms with Crippen molar-refractivity contribution < 1.29 is 4.39 Å². The van der Waals surface area contributed by atoms with E-state index < -0.39 is 0 Å². The van der Waals surface area contributed by atoms with Gasteiger partial charge in [-0.3, -0.25) is 4.98 Å². The van der Waals surface area contributed by atoms with E-state index in [2.05, 4.69) is 56.9 Å². The molecule has 1 saturated heterocycles. The van der Waals surface area contributed by atoms with Gasteiger partial charge in [0.2, 0.25) is 0 Å². The molecule has 9 heteroatoms. The molecule has 0 aromatic carbocycles. The van der Waals surface area contributed by atoms with Crippen LogP contribution < -0.4 is 16.0 Å². The predicted molar refractivity (Wildman–Crippen MR) is 144 cm³/mol. The number of nitrogens with zero attached hydrogens (tertiary/aromatic N) is 5. The van der Waals surface area contributed by atoms with Crippen LogP contribution in [0.15, 0.2) is 67.3 Å². The van der Waals surface area contributed by atoms with Gasteiger partial charge in [-0.1, -0.05) is 32.1 Å². The Kier molecular flexibility index (Phi) is 5.84. The highest BCUT2D eigenvalue weighted by molar-refractivity contribution is 6.02. The topological polar surface area (TPSA) is 101 Å². The van der Waals surface area contributed by atoms with Crippen LogP contribution in [0.1, 0.15) is 25.8 Å². The first-order chi connectivity index (χ1) is 18.0. The van der Waals surface area contributed by atoms with Gasteiger partial charge >= 0.3 is 0 Å². The highest BCUT2D eigenvalue weighted by atomic mass is 19.1. The third-order valence-corrected chi connectivity index (χ3v) is 6.91. The summed E-state index contributed by atoms with van der Waals surface area (Å²) in [6.07, 6.45) is 13.9. The standard InChI is InChI=1S/C28H27FN8/c1-28(2)16-30-9-8-22(28)35-27-25-20(17-4-3-5-17)14-31-15-21(25)34-26(37-27)18-6-10-32-23(12-18)36-24-13-19(29)7-11-33-24/h3-7,10-15,22,30H,8-9,16H2,1-2H3,(H,32,33,36)(H,34,35,37)/t22-/m0/s1. The maximum Gasteiger partial charge on any atom is 0.162 e. The van der Waals surface area contributed by atoms with Gasteiger partial charge in [-0.15, -0.1) is 0 Å². The van der Waals surface area contributed by atoms with Crippen LogP contribution >= 0.6 is 0 Å². The molecular formula is C28H27FN8. The lowest BCUT2D eigenvalue weighted by molar-refractivity contribution is 0.236. The number of piperidine rings is 1. The van der Waals surface area contributed by atoms with Crippen molar-refractivity contribution in [3.05, 3.63) is 78.7 Å². The Morgan fingerprint density at radius 3 is 2.62 bits per heavy atom. The monoisotopic (exact) mass is 494 g/mol. The van der Waals surface area contributed by atoms with Crippen molar-refractivity contribution >= 4 is 33.9 Å². The fourth-order valence-electron chi connectivity index (χ4n) is 4.75. The van der Waals surface area contributed by atoms with E-state index in [0.29, 0.717) is 17.5 Å². The molecule has 6 rings (SSSR count). The van der Waals surface area contributed by atoms with Crippen LogP contribution in [-0.2, 0) is 0 Å². The summed E-state index contributed by atoms with van der Waals surface area (Å²) in [4.78, 5) is 22.9. The molecule has 4 aromatic heterocycles. The number of aromatic nitrogens is 5. The van der Waals surface area contributed by atoms with Crippen LogP contribution in [0.3, 0.4) is 0 Å². The van der Waals surface area contributed by atoms with Crippen molar-refractivity contribution in [2.75, 3.05) is 23.7 Å². The minimum absolute atomic E-state index is 0.0459. The fraction of sp³-hybridized carbons (Fsp3) is 0.250. The largest absolute Gasteiger partial charge is 0.366 e. The molecule has 0 unspecified atom stereocenters. The number of hydrogen-bond donors (Lipinski definition) is 3. The molecule has 0 amide bonds. The average molecular weight is 495 g/mol. The van der Waals surface area contributed by atoms with Gasteiger partial charge < -0.3 is 16.0 Å². The summed E-state index contributed by atoms with van der Waals surface area (Å²) in [6, 6.07) is 6.55. The summed E-state index contributed by atoms with van der Waals surface area (Å²) < 4.78 is 13.6. The number of halogens is 1. The van der Waals surface area contributed by atoms with E-state index in [9.17, 15) is 4.39 Å². The Balaban J connectivity index is 1.43. The van der Waals surface area contributed by atoms with Gasteiger partial charge in [0, 0.05) is 48.4 Å². The second kappa shape index (κ2) is 9.33. The second-order valence-corrected chi connectivity index (χ2v) is 10.0. The third-order valence-electron chi connectivity index (χ3n) is 6.91. The van der Waals surface area contributed by atoms with E-state index in [1.54, 1.807) is 12.4 Å². The van der Waals surface area contributed by atoms with Gasteiger partial charge in [-0.25, -0.2) is 24.3 Å². The van der Waals surface area contributed by atoms with E-state index in [0.717, 1.165) is 52.9 Å². The lowest BCUT2D eigenvalue weighted by Crippen LogP contribution is -2.49. The first kappa shape index (κ1) is 23.2. The number of rotatable bonds is 6. The third kappa shape index (κ3) is 4.65. The number of pyridine rings is 3. The molecule has 1 atom stereocenters. The first-order valence-corrected chi connectivity index (χ1v) is 12.3. The number of allylic oxidation sites excluding steroid dienone is 4. The van der Waals surface area contributed by atoms with Crippen LogP contribution in [0.2, 0.25) is 0 Å². The lowest BCUT2D eigenvalue weighted by Gasteiger charge is -2.40. The molecule has 1 fully saturated rings. The Morgan fingerprint density at radius 1 is 1.05 bits per heavy atom. The molecule has 3 N–H and O–H groups in total. The molecule has 0 radical (unpaired) electrons. The Hall–Kier alpha value is -4.24. The van der Waals surface area contributed by atoms with Crippen molar-refractivity contribution in [2.45, 2.75) is 26.3 Å². The van der Waals surface area contributed by atoms with Gasteiger partial charge in [-0.05, 0) is 42.2 Å².